The average molecular weight is 194 g/mol. The molecule has 4 heteroatoms. The Morgan fingerprint density at radius 1 is 1.50 bits per heavy atom. The van der Waals surface area contributed by atoms with Crippen LogP contribution in [0.4, 0.5) is 0 Å². The third kappa shape index (κ3) is 3.89. The van der Waals surface area contributed by atoms with E-state index in [2.05, 4.69) is 5.10 Å². The van der Waals surface area contributed by atoms with Crippen LogP contribution < -0.4 is 0 Å². The summed E-state index contributed by atoms with van der Waals surface area (Å²) in [5.41, 5.74) is -0.453. The lowest BCUT2D eigenvalue weighted by Crippen LogP contribution is -2.22. The molecule has 1 rings (SSSR count). The van der Waals surface area contributed by atoms with Crippen molar-refractivity contribution in [2.45, 2.75) is 26.4 Å². The fraction of sp³-hybridized carbons (Fsp3) is 0.400. The van der Waals surface area contributed by atoms with Crippen molar-refractivity contribution in [3.8, 4) is 0 Å². The van der Waals surface area contributed by atoms with Gasteiger partial charge in [-0.15, -0.1) is 0 Å². The topological polar surface area (TPSA) is 44.1 Å². The zero-order valence-corrected chi connectivity index (χ0v) is 8.60. The Balaban J connectivity index is 2.49. The minimum atomic E-state index is -0.453. The van der Waals surface area contributed by atoms with Gasteiger partial charge in [0.2, 0.25) is 0 Å². The SMILES string of the molecule is CC(C)(C)OC(=O)/C=C/n1cccn1. The summed E-state index contributed by atoms with van der Waals surface area (Å²) >= 11 is 0. The Kier molecular flexibility index (Phi) is 3.06. The Labute approximate surface area is 83.2 Å². The third-order valence-electron chi connectivity index (χ3n) is 1.29. The molecule has 1 aromatic rings. The van der Waals surface area contributed by atoms with E-state index >= 15 is 0 Å². The van der Waals surface area contributed by atoms with Gasteiger partial charge in [0, 0.05) is 24.7 Å². The van der Waals surface area contributed by atoms with Gasteiger partial charge in [0.05, 0.1) is 0 Å². The van der Waals surface area contributed by atoms with Gasteiger partial charge in [0.25, 0.3) is 0 Å². The van der Waals surface area contributed by atoms with Gasteiger partial charge in [-0.3, -0.25) is 0 Å². The molecule has 0 atom stereocenters. The zero-order chi connectivity index (χ0) is 10.6. The number of hydrogen-bond donors (Lipinski definition) is 0. The lowest BCUT2D eigenvalue weighted by atomic mass is 10.2. The molecule has 0 aliphatic carbocycles. The van der Waals surface area contributed by atoms with Gasteiger partial charge in [-0.2, -0.15) is 5.10 Å². The van der Waals surface area contributed by atoms with Crippen molar-refractivity contribution in [2.75, 3.05) is 0 Å². The van der Waals surface area contributed by atoms with Crippen LogP contribution in [0.1, 0.15) is 20.8 Å². The van der Waals surface area contributed by atoms with Gasteiger partial charge in [0.15, 0.2) is 0 Å². The van der Waals surface area contributed by atoms with Crippen LogP contribution >= 0.6 is 0 Å². The van der Waals surface area contributed by atoms with Crippen LogP contribution in [0.5, 0.6) is 0 Å². The second-order valence-electron chi connectivity index (χ2n) is 3.84. The van der Waals surface area contributed by atoms with Crippen molar-refractivity contribution in [3.05, 3.63) is 24.5 Å². The molecule has 0 bridgehead atoms. The van der Waals surface area contributed by atoms with Crippen LogP contribution in [0.25, 0.3) is 6.20 Å². The summed E-state index contributed by atoms with van der Waals surface area (Å²) in [5.74, 6) is -0.368. The predicted molar refractivity (Wildman–Crippen MR) is 53.4 cm³/mol. The van der Waals surface area contributed by atoms with E-state index in [9.17, 15) is 4.79 Å². The minimum Gasteiger partial charge on any atom is -0.457 e. The quantitative estimate of drug-likeness (QED) is 0.531. The number of esters is 1. The summed E-state index contributed by atoms with van der Waals surface area (Å²) in [6.07, 6.45) is 6.27. The molecule has 76 valence electrons. The molecule has 0 spiro atoms. The first-order valence-electron chi connectivity index (χ1n) is 4.38. The van der Waals surface area contributed by atoms with E-state index in [1.165, 1.54) is 10.8 Å². The molecule has 0 aliphatic heterocycles. The lowest BCUT2D eigenvalue weighted by molar-refractivity contribution is -0.148. The minimum absolute atomic E-state index is 0.368. The van der Waals surface area contributed by atoms with Crippen LogP contribution in [-0.2, 0) is 9.53 Å². The number of rotatable bonds is 2. The lowest BCUT2D eigenvalue weighted by Gasteiger charge is -2.17. The number of carbonyl (C=O) groups excluding carboxylic acids is 1. The number of aromatic nitrogens is 2. The molecule has 4 nitrogen and oxygen atoms in total. The summed E-state index contributed by atoms with van der Waals surface area (Å²) in [5, 5.41) is 3.91. The van der Waals surface area contributed by atoms with E-state index in [0.29, 0.717) is 0 Å². The standard InChI is InChI=1S/C10H14N2O2/c1-10(2,3)14-9(13)5-8-12-7-4-6-11-12/h4-8H,1-3H3/b8-5+. The average Bonchev–Trinajstić information content (AvgIpc) is 2.49. The van der Waals surface area contributed by atoms with Gasteiger partial charge >= 0.3 is 5.97 Å². The first-order valence-corrected chi connectivity index (χ1v) is 4.38. The van der Waals surface area contributed by atoms with Gasteiger partial charge in [-0.05, 0) is 26.8 Å². The van der Waals surface area contributed by atoms with Crippen LogP contribution in [-0.4, -0.2) is 21.4 Å². The molecule has 0 aliphatic rings. The first-order chi connectivity index (χ1) is 6.47. The number of nitrogens with zero attached hydrogens (tertiary/aromatic N) is 2. The van der Waals surface area contributed by atoms with E-state index in [1.807, 2.05) is 20.8 Å². The van der Waals surface area contributed by atoms with Crippen LogP contribution in [0.2, 0.25) is 0 Å². The van der Waals surface area contributed by atoms with E-state index in [4.69, 9.17) is 4.74 Å². The smallest absolute Gasteiger partial charge is 0.332 e. The van der Waals surface area contributed by atoms with Crippen molar-refractivity contribution in [3.63, 3.8) is 0 Å². The molecule has 0 amide bonds. The summed E-state index contributed by atoms with van der Waals surface area (Å²) in [6.45, 7) is 5.48. The van der Waals surface area contributed by atoms with Crippen molar-refractivity contribution in [1.82, 2.24) is 9.78 Å². The molecule has 0 unspecified atom stereocenters. The molecule has 0 fully saturated rings. The van der Waals surface area contributed by atoms with Gasteiger partial charge < -0.3 is 4.74 Å². The maximum Gasteiger partial charge on any atom is 0.332 e. The third-order valence-corrected chi connectivity index (χ3v) is 1.29. The molecule has 14 heavy (non-hydrogen) atoms. The second-order valence-corrected chi connectivity index (χ2v) is 3.84. The molecule has 0 N–H and O–H groups in total. The fourth-order valence-electron chi connectivity index (χ4n) is 0.842. The van der Waals surface area contributed by atoms with Crippen LogP contribution in [0.15, 0.2) is 24.5 Å². The van der Waals surface area contributed by atoms with Crippen molar-refractivity contribution >= 4 is 12.2 Å². The Morgan fingerprint density at radius 3 is 2.71 bits per heavy atom. The van der Waals surface area contributed by atoms with Gasteiger partial charge in [0.1, 0.15) is 5.60 Å². The zero-order valence-electron chi connectivity index (χ0n) is 8.60. The molecule has 1 heterocycles. The summed E-state index contributed by atoms with van der Waals surface area (Å²) in [4.78, 5) is 11.2. The highest BCUT2D eigenvalue weighted by Crippen LogP contribution is 2.07. The normalized spacial score (nSPS) is 11.9. The Bertz CT molecular complexity index is 320. The molecule has 0 saturated carbocycles. The molecule has 0 saturated heterocycles. The molecule has 1 aromatic heterocycles. The summed E-state index contributed by atoms with van der Waals surface area (Å²) in [7, 11) is 0. The highest BCUT2D eigenvalue weighted by molar-refractivity contribution is 5.85. The van der Waals surface area contributed by atoms with Crippen LogP contribution in [0, 0.1) is 0 Å². The number of carbonyl (C=O) groups is 1. The Morgan fingerprint density at radius 2 is 2.21 bits per heavy atom. The summed E-state index contributed by atoms with van der Waals surface area (Å²) < 4.78 is 6.60. The maximum absolute atomic E-state index is 11.2. The molecule has 0 aromatic carbocycles. The van der Waals surface area contributed by atoms with Gasteiger partial charge in [-0.25, -0.2) is 9.48 Å². The fourth-order valence-corrected chi connectivity index (χ4v) is 0.842. The van der Waals surface area contributed by atoms with E-state index < -0.39 is 5.60 Å². The monoisotopic (exact) mass is 194 g/mol. The Hall–Kier alpha value is -1.58. The van der Waals surface area contributed by atoms with Crippen molar-refractivity contribution in [2.24, 2.45) is 0 Å². The number of hydrogen-bond acceptors (Lipinski definition) is 3. The predicted octanol–water partition coefficient (Wildman–Crippen LogP) is 1.70. The summed E-state index contributed by atoms with van der Waals surface area (Å²) in [6, 6.07) is 1.78. The molecule has 0 radical (unpaired) electrons. The molecular formula is C10H14N2O2. The van der Waals surface area contributed by atoms with E-state index in [1.54, 1.807) is 24.7 Å². The van der Waals surface area contributed by atoms with Crippen molar-refractivity contribution in [1.29, 1.82) is 0 Å². The second kappa shape index (κ2) is 4.09. The maximum atomic E-state index is 11.2. The molecular weight excluding hydrogens is 180 g/mol. The largest absolute Gasteiger partial charge is 0.457 e. The highest BCUT2D eigenvalue weighted by atomic mass is 16.6. The van der Waals surface area contributed by atoms with E-state index in [-0.39, 0.29) is 5.97 Å². The van der Waals surface area contributed by atoms with Crippen LogP contribution in [0.3, 0.4) is 0 Å². The number of ether oxygens (including phenoxy) is 1. The van der Waals surface area contributed by atoms with E-state index in [0.717, 1.165) is 0 Å². The first kappa shape index (κ1) is 10.5. The van der Waals surface area contributed by atoms with Gasteiger partial charge in [-0.1, -0.05) is 0 Å². The van der Waals surface area contributed by atoms with Crippen molar-refractivity contribution < 1.29 is 9.53 Å². The highest BCUT2D eigenvalue weighted by Gasteiger charge is 2.13.